The predicted octanol–water partition coefficient (Wildman–Crippen LogP) is 4.55. The summed E-state index contributed by atoms with van der Waals surface area (Å²) >= 11 is 0. The Balaban J connectivity index is 1.68. The molecule has 1 atom stereocenters. The summed E-state index contributed by atoms with van der Waals surface area (Å²) in [5.74, 6) is 1.28. The molecule has 1 N–H and O–H groups in total. The van der Waals surface area contributed by atoms with Crippen molar-refractivity contribution in [1.29, 1.82) is 0 Å². The lowest BCUT2D eigenvalue weighted by Gasteiger charge is -2.32. The second-order valence-corrected chi connectivity index (χ2v) is 8.55. The van der Waals surface area contributed by atoms with Crippen LogP contribution in [-0.2, 0) is 6.42 Å². The van der Waals surface area contributed by atoms with Gasteiger partial charge in [0.1, 0.15) is 5.76 Å². The van der Waals surface area contributed by atoms with E-state index in [1.54, 1.807) is 6.26 Å². The predicted molar refractivity (Wildman–Crippen MR) is 117 cm³/mol. The molecule has 1 aliphatic heterocycles. The molecule has 1 fully saturated rings. The minimum absolute atomic E-state index is 0.0585. The maximum atomic E-state index is 13.7. The van der Waals surface area contributed by atoms with Crippen LogP contribution in [0.5, 0.6) is 0 Å². The van der Waals surface area contributed by atoms with Crippen molar-refractivity contribution in [3.63, 3.8) is 0 Å². The second kappa shape index (κ2) is 7.73. The Morgan fingerprint density at radius 1 is 1.17 bits per heavy atom. The Hall–Kier alpha value is -2.92. The Bertz CT molecular complexity index is 1110. The number of amides is 1. The number of benzene rings is 1. The summed E-state index contributed by atoms with van der Waals surface area (Å²) < 4.78 is 5.55. The molecule has 1 aliphatic carbocycles. The normalized spacial score (nSPS) is 21.2. The number of hydrogen-bond donors (Lipinski definition) is 1. The zero-order chi connectivity index (χ0) is 20.7. The van der Waals surface area contributed by atoms with Crippen molar-refractivity contribution >= 4 is 28.5 Å². The third kappa shape index (κ3) is 3.43. The van der Waals surface area contributed by atoms with Crippen molar-refractivity contribution in [2.24, 2.45) is 5.92 Å². The fourth-order valence-corrected chi connectivity index (χ4v) is 4.75. The minimum atomic E-state index is -0.306. The van der Waals surface area contributed by atoms with E-state index in [0.717, 1.165) is 51.9 Å². The fourth-order valence-electron chi connectivity index (χ4n) is 4.75. The van der Waals surface area contributed by atoms with Gasteiger partial charge in [0.2, 0.25) is 0 Å². The Morgan fingerprint density at radius 2 is 1.97 bits per heavy atom. The summed E-state index contributed by atoms with van der Waals surface area (Å²) in [6.45, 7) is 3.41. The smallest absolute Gasteiger partial charge is 0.254 e. The van der Waals surface area contributed by atoms with Crippen LogP contribution in [0.4, 0.5) is 0 Å². The van der Waals surface area contributed by atoms with E-state index in [1.807, 2.05) is 41.3 Å². The van der Waals surface area contributed by atoms with E-state index < -0.39 is 0 Å². The molecule has 1 saturated heterocycles. The van der Waals surface area contributed by atoms with E-state index in [-0.39, 0.29) is 12.0 Å². The number of para-hydroxylation sites is 1. The highest BCUT2D eigenvalue weighted by Crippen LogP contribution is 2.39. The molecule has 5 nitrogen and oxygen atoms in total. The molecule has 5 rings (SSSR count). The molecule has 1 aromatic carbocycles. The van der Waals surface area contributed by atoms with Gasteiger partial charge in [0.05, 0.1) is 29.1 Å². The SMILES string of the molecule is CC1C/C(=C/c2ccco2)c2nc3ccccc3c(C(=O)N3CCC(O)CC3)c2C1. The molecule has 0 radical (unpaired) electrons. The lowest BCUT2D eigenvalue weighted by Crippen LogP contribution is -2.40. The maximum absolute atomic E-state index is 13.7. The molecule has 3 aromatic rings. The molecule has 5 heteroatoms. The van der Waals surface area contributed by atoms with Crippen molar-refractivity contribution < 1.29 is 14.3 Å². The topological polar surface area (TPSA) is 66.6 Å². The van der Waals surface area contributed by atoms with Crippen LogP contribution < -0.4 is 0 Å². The lowest BCUT2D eigenvalue weighted by molar-refractivity contribution is 0.0547. The maximum Gasteiger partial charge on any atom is 0.254 e. The molecule has 30 heavy (non-hydrogen) atoms. The fraction of sp³-hybridized carbons (Fsp3) is 0.360. The van der Waals surface area contributed by atoms with Gasteiger partial charge in [0.25, 0.3) is 5.91 Å². The van der Waals surface area contributed by atoms with Gasteiger partial charge in [-0.25, -0.2) is 4.98 Å². The van der Waals surface area contributed by atoms with Crippen molar-refractivity contribution in [3.8, 4) is 0 Å². The zero-order valence-electron chi connectivity index (χ0n) is 17.2. The Kier molecular flexibility index (Phi) is 4.91. The third-order valence-corrected chi connectivity index (χ3v) is 6.24. The number of likely N-dealkylation sites (tertiary alicyclic amines) is 1. The molecule has 2 aromatic heterocycles. The van der Waals surface area contributed by atoms with Crippen LogP contribution in [0.3, 0.4) is 0 Å². The van der Waals surface area contributed by atoms with E-state index in [9.17, 15) is 9.90 Å². The first-order valence-corrected chi connectivity index (χ1v) is 10.7. The molecule has 1 unspecified atom stereocenters. The van der Waals surface area contributed by atoms with Gasteiger partial charge in [0, 0.05) is 18.5 Å². The van der Waals surface area contributed by atoms with Crippen LogP contribution in [-0.4, -0.2) is 40.1 Å². The number of aliphatic hydroxyl groups excluding tert-OH is 1. The monoisotopic (exact) mass is 402 g/mol. The molecular weight excluding hydrogens is 376 g/mol. The largest absolute Gasteiger partial charge is 0.465 e. The van der Waals surface area contributed by atoms with Gasteiger partial charge in [-0.1, -0.05) is 25.1 Å². The van der Waals surface area contributed by atoms with Gasteiger partial charge in [0.15, 0.2) is 0 Å². The van der Waals surface area contributed by atoms with Crippen molar-refractivity contribution in [2.75, 3.05) is 13.1 Å². The van der Waals surface area contributed by atoms with Gasteiger partial charge in [-0.05, 0) is 67.0 Å². The minimum Gasteiger partial charge on any atom is -0.465 e. The number of fused-ring (bicyclic) bond motifs is 2. The summed E-state index contributed by atoms with van der Waals surface area (Å²) in [5, 5.41) is 10.8. The molecule has 2 aliphatic rings. The summed E-state index contributed by atoms with van der Waals surface area (Å²) in [4.78, 5) is 20.6. The highest BCUT2D eigenvalue weighted by molar-refractivity contribution is 6.09. The average Bonchev–Trinajstić information content (AvgIpc) is 3.25. The number of aliphatic hydroxyl groups is 1. The molecule has 1 amide bonds. The number of carbonyl (C=O) groups is 1. The molecule has 0 bridgehead atoms. The first-order chi connectivity index (χ1) is 14.6. The highest BCUT2D eigenvalue weighted by atomic mass is 16.3. The van der Waals surface area contributed by atoms with E-state index >= 15 is 0 Å². The van der Waals surface area contributed by atoms with Crippen LogP contribution in [0.15, 0.2) is 47.1 Å². The number of piperidine rings is 1. The number of hydrogen-bond acceptors (Lipinski definition) is 4. The average molecular weight is 402 g/mol. The first-order valence-electron chi connectivity index (χ1n) is 10.7. The number of rotatable bonds is 2. The molecule has 0 spiro atoms. The van der Waals surface area contributed by atoms with Crippen LogP contribution in [0.2, 0.25) is 0 Å². The van der Waals surface area contributed by atoms with Crippen LogP contribution >= 0.6 is 0 Å². The van der Waals surface area contributed by atoms with Crippen LogP contribution in [0, 0.1) is 5.92 Å². The second-order valence-electron chi connectivity index (χ2n) is 8.55. The number of furan rings is 1. The van der Waals surface area contributed by atoms with Crippen molar-refractivity contribution in [3.05, 3.63) is 65.2 Å². The molecule has 0 saturated carbocycles. The third-order valence-electron chi connectivity index (χ3n) is 6.24. The van der Waals surface area contributed by atoms with Gasteiger partial charge >= 0.3 is 0 Å². The van der Waals surface area contributed by atoms with E-state index in [4.69, 9.17) is 9.40 Å². The quantitative estimate of drug-likeness (QED) is 0.683. The standard InChI is InChI=1S/C25H26N2O3/c1-16-13-17(15-19-5-4-12-30-19)24-21(14-16)23(20-6-2-3-7-22(20)26-24)25(29)27-10-8-18(28)9-11-27/h2-7,12,15-16,18,28H,8-11,13-14H2,1H3/b17-15-. The van der Waals surface area contributed by atoms with Gasteiger partial charge in [-0.3, -0.25) is 4.79 Å². The number of allylic oxidation sites excluding steroid dienone is 1. The summed E-state index contributed by atoms with van der Waals surface area (Å²) in [7, 11) is 0. The summed E-state index contributed by atoms with van der Waals surface area (Å²) in [6, 6.07) is 11.7. The number of pyridine rings is 1. The Morgan fingerprint density at radius 3 is 2.73 bits per heavy atom. The van der Waals surface area contributed by atoms with E-state index in [2.05, 4.69) is 13.0 Å². The molecule has 3 heterocycles. The lowest BCUT2D eigenvalue weighted by atomic mass is 9.80. The van der Waals surface area contributed by atoms with Crippen molar-refractivity contribution in [2.45, 2.75) is 38.7 Å². The van der Waals surface area contributed by atoms with E-state index in [0.29, 0.717) is 31.8 Å². The van der Waals surface area contributed by atoms with E-state index in [1.165, 1.54) is 0 Å². The summed E-state index contributed by atoms with van der Waals surface area (Å²) in [6.07, 6.45) is 6.44. The number of nitrogens with zero attached hydrogens (tertiary/aromatic N) is 2. The number of aromatic nitrogens is 1. The van der Waals surface area contributed by atoms with Crippen molar-refractivity contribution in [1.82, 2.24) is 9.88 Å². The van der Waals surface area contributed by atoms with Crippen LogP contribution in [0.1, 0.15) is 53.6 Å². The summed E-state index contributed by atoms with van der Waals surface area (Å²) in [5.41, 5.74) is 4.71. The van der Waals surface area contributed by atoms with Gasteiger partial charge in [-0.2, -0.15) is 0 Å². The van der Waals surface area contributed by atoms with Crippen LogP contribution in [0.25, 0.3) is 22.6 Å². The molecular formula is C25H26N2O3. The zero-order valence-corrected chi connectivity index (χ0v) is 17.2. The van der Waals surface area contributed by atoms with Gasteiger partial charge < -0.3 is 14.4 Å². The number of carbonyl (C=O) groups excluding carboxylic acids is 1. The Labute approximate surface area is 176 Å². The molecule has 154 valence electrons. The van der Waals surface area contributed by atoms with Gasteiger partial charge in [-0.15, -0.1) is 0 Å². The first kappa shape index (κ1) is 19.1. The highest BCUT2D eigenvalue weighted by Gasteiger charge is 2.31.